The minimum absolute atomic E-state index is 0.247. The number of hydrogen-bond donors (Lipinski definition) is 1. The van der Waals surface area contributed by atoms with Gasteiger partial charge in [0.25, 0.3) is 0 Å². The Balaban J connectivity index is 1.41. The molecule has 25 heavy (non-hydrogen) atoms. The molecule has 0 spiro atoms. The summed E-state index contributed by atoms with van der Waals surface area (Å²) in [5, 5.41) is 3.22. The summed E-state index contributed by atoms with van der Waals surface area (Å²) in [5.41, 5.74) is 0.996. The zero-order chi connectivity index (χ0) is 17.5. The first-order valence-electron chi connectivity index (χ1n) is 8.99. The molecule has 0 aromatic heterocycles. The molecule has 0 unspecified atom stereocenters. The Morgan fingerprint density at radius 3 is 2.56 bits per heavy atom. The molecule has 6 nitrogen and oxygen atoms in total. The maximum Gasteiger partial charge on any atom is 0.410 e. The molecule has 2 aliphatic heterocycles. The van der Waals surface area contributed by atoms with E-state index < -0.39 is 9.73 Å². The maximum atomic E-state index is 12.5. The Morgan fingerprint density at radius 2 is 1.88 bits per heavy atom. The first kappa shape index (κ1) is 18.2. The number of nitrogens with one attached hydrogen (secondary N) is 1. The van der Waals surface area contributed by atoms with Crippen LogP contribution in [0.1, 0.15) is 18.4 Å². The average molecular weight is 365 g/mol. The van der Waals surface area contributed by atoms with Crippen molar-refractivity contribution in [2.45, 2.75) is 19.4 Å². The summed E-state index contributed by atoms with van der Waals surface area (Å²) in [6.07, 6.45) is 1.55. The highest BCUT2D eigenvalue weighted by atomic mass is 32.2. The van der Waals surface area contributed by atoms with E-state index in [4.69, 9.17) is 4.74 Å². The van der Waals surface area contributed by atoms with Crippen molar-refractivity contribution in [3.8, 4) is 0 Å². The van der Waals surface area contributed by atoms with Gasteiger partial charge in [-0.25, -0.2) is 13.4 Å². The number of rotatable bonds is 4. The largest absolute Gasteiger partial charge is 0.445 e. The van der Waals surface area contributed by atoms with Crippen LogP contribution in [0.2, 0.25) is 0 Å². The number of hydrogen-bond acceptors (Lipinski definition) is 5. The van der Waals surface area contributed by atoms with Crippen LogP contribution in [0.3, 0.4) is 0 Å². The zero-order valence-electron chi connectivity index (χ0n) is 14.6. The molecule has 0 radical (unpaired) electrons. The molecule has 0 aliphatic carbocycles. The average Bonchev–Trinajstić information content (AvgIpc) is 2.66. The molecule has 2 fully saturated rings. The third-order valence-electron chi connectivity index (χ3n) is 4.84. The zero-order valence-corrected chi connectivity index (χ0v) is 15.4. The van der Waals surface area contributed by atoms with Crippen molar-refractivity contribution in [3.63, 3.8) is 0 Å². The van der Waals surface area contributed by atoms with E-state index in [1.165, 1.54) is 0 Å². The fourth-order valence-corrected chi connectivity index (χ4v) is 5.04. The molecule has 0 atom stereocenters. The van der Waals surface area contributed by atoms with Gasteiger partial charge in [0.2, 0.25) is 0 Å². The molecule has 138 valence electrons. The molecule has 2 aliphatic rings. The highest BCUT2D eigenvalue weighted by Crippen LogP contribution is 2.19. The van der Waals surface area contributed by atoms with Crippen molar-refractivity contribution in [1.29, 1.82) is 0 Å². The fraction of sp³-hybridized carbons (Fsp3) is 0.611. The maximum absolute atomic E-state index is 12.5. The third-order valence-corrected chi connectivity index (χ3v) is 7.15. The normalized spacial score (nSPS) is 20.9. The van der Waals surface area contributed by atoms with Gasteiger partial charge in [-0.3, -0.25) is 0 Å². The molecular weight excluding hydrogens is 338 g/mol. The van der Waals surface area contributed by atoms with Gasteiger partial charge >= 0.3 is 6.09 Å². The first-order chi connectivity index (χ1) is 12.1. The summed E-state index contributed by atoms with van der Waals surface area (Å²) in [4.78, 5) is 13.9. The molecule has 2 saturated heterocycles. The second-order valence-electron chi connectivity index (χ2n) is 6.71. The molecule has 0 bridgehead atoms. The van der Waals surface area contributed by atoms with E-state index in [-0.39, 0.29) is 6.09 Å². The molecule has 1 aromatic rings. The molecular formula is C18H27N3O3S. The molecule has 1 amide bonds. The lowest BCUT2D eigenvalue weighted by Crippen LogP contribution is -2.39. The smallest absolute Gasteiger partial charge is 0.410 e. The number of piperidine rings is 1. The quantitative estimate of drug-likeness (QED) is 0.887. The molecule has 7 heteroatoms. The van der Waals surface area contributed by atoms with Crippen molar-refractivity contribution in [3.05, 3.63) is 35.9 Å². The number of carbonyl (C=O) groups is 1. The van der Waals surface area contributed by atoms with Crippen LogP contribution in [0.4, 0.5) is 4.79 Å². The predicted octanol–water partition coefficient (Wildman–Crippen LogP) is 2.11. The summed E-state index contributed by atoms with van der Waals surface area (Å²) in [6, 6.07) is 9.71. The highest BCUT2D eigenvalue weighted by molar-refractivity contribution is 7.93. The van der Waals surface area contributed by atoms with E-state index in [2.05, 4.69) is 9.68 Å². The van der Waals surface area contributed by atoms with Crippen LogP contribution in [-0.4, -0.2) is 59.4 Å². The van der Waals surface area contributed by atoms with Crippen molar-refractivity contribution in [2.75, 3.05) is 44.2 Å². The van der Waals surface area contributed by atoms with Crippen LogP contribution in [0.5, 0.6) is 0 Å². The summed E-state index contributed by atoms with van der Waals surface area (Å²) in [7, 11) is -2.00. The van der Waals surface area contributed by atoms with Gasteiger partial charge in [-0.1, -0.05) is 30.3 Å². The fourth-order valence-electron chi connectivity index (χ4n) is 3.17. The summed E-state index contributed by atoms with van der Waals surface area (Å²) < 4.78 is 22.5. The standard InChI is InChI=1S/C18H27N3O3S/c22-18(24-15-17-4-2-1-3-5-17)21-10-6-16(7-11-21)14-20-25(23)12-8-19-9-13-25/h1-5,16,19H,6-15H2. The lowest BCUT2D eigenvalue weighted by Gasteiger charge is -2.30. The number of amides is 1. The molecule has 2 heterocycles. The number of ether oxygens (including phenoxy) is 1. The Morgan fingerprint density at radius 1 is 1.20 bits per heavy atom. The van der Waals surface area contributed by atoms with Crippen LogP contribution in [0.15, 0.2) is 34.7 Å². The number of likely N-dealkylation sites (tertiary alicyclic amines) is 1. The van der Waals surface area contributed by atoms with E-state index in [1.54, 1.807) is 4.90 Å². The van der Waals surface area contributed by atoms with Gasteiger partial charge in [0.1, 0.15) is 6.61 Å². The Labute approximate surface area is 150 Å². The van der Waals surface area contributed by atoms with Crippen LogP contribution in [-0.2, 0) is 21.1 Å². The number of nitrogens with zero attached hydrogens (tertiary/aromatic N) is 2. The van der Waals surface area contributed by atoms with Crippen LogP contribution in [0.25, 0.3) is 0 Å². The topological polar surface area (TPSA) is 71.0 Å². The molecule has 3 rings (SSSR count). The Kier molecular flexibility index (Phi) is 6.31. The van der Waals surface area contributed by atoms with E-state index in [0.717, 1.165) is 31.5 Å². The van der Waals surface area contributed by atoms with Gasteiger partial charge in [-0.05, 0) is 24.3 Å². The second-order valence-corrected chi connectivity index (χ2v) is 9.33. The Hall–Kier alpha value is -1.60. The van der Waals surface area contributed by atoms with Gasteiger partial charge in [-0.2, -0.15) is 0 Å². The number of benzene rings is 1. The first-order valence-corrected chi connectivity index (χ1v) is 10.8. The van der Waals surface area contributed by atoms with Crippen LogP contribution in [0, 0.1) is 5.92 Å². The summed E-state index contributed by atoms with van der Waals surface area (Å²) >= 11 is 0. The lowest BCUT2D eigenvalue weighted by atomic mass is 9.97. The van der Waals surface area contributed by atoms with Gasteiger partial charge < -0.3 is 15.0 Å². The highest BCUT2D eigenvalue weighted by Gasteiger charge is 2.24. The van der Waals surface area contributed by atoms with E-state index in [9.17, 15) is 9.00 Å². The van der Waals surface area contributed by atoms with Crippen molar-refractivity contribution >= 4 is 15.8 Å². The van der Waals surface area contributed by atoms with Gasteiger partial charge in [0, 0.05) is 47.4 Å². The van der Waals surface area contributed by atoms with E-state index in [0.29, 0.717) is 43.7 Å². The van der Waals surface area contributed by atoms with Crippen molar-refractivity contribution in [1.82, 2.24) is 10.2 Å². The van der Waals surface area contributed by atoms with Gasteiger partial charge in [0.05, 0.1) is 6.54 Å². The third kappa shape index (κ3) is 5.44. The second kappa shape index (κ2) is 8.67. The predicted molar refractivity (Wildman–Crippen MR) is 99.0 cm³/mol. The van der Waals surface area contributed by atoms with Crippen molar-refractivity contribution in [2.24, 2.45) is 10.3 Å². The van der Waals surface area contributed by atoms with Gasteiger partial charge in [-0.15, -0.1) is 0 Å². The lowest BCUT2D eigenvalue weighted by molar-refractivity contribution is 0.0830. The van der Waals surface area contributed by atoms with Crippen LogP contribution >= 0.6 is 0 Å². The molecule has 0 saturated carbocycles. The van der Waals surface area contributed by atoms with Gasteiger partial charge in [0.15, 0.2) is 0 Å². The summed E-state index contributed by atoms with van der Waals surface area (Å²) in [6.45, 7) is 3.95. The molecule has 1 aromatic carbocycles. The van der Waals surface area contributed by atoms with E-state index in [1.807, 2.05) is 30.3 Å². The Bertz CT molecular complexity index is 666. The SMILES string of the molecule is O=C(OCc1ccccc1)N1CCC(CN=S2(=O)CCNCC2)CC1. The molecule has 1 N–H and O–H groups in total. The van der Waals surface area contributed by atoms with Crippen LogP contribution < -0.4 is 5.32 Å². The van der Waals surface area contributed by atoms with E-state index >= 15 is 0 Å². The minimum atomic E-state index is -2.00. The minimum Gasteiger partial charge on any atom is -0.445 e. The number of carbonyl (C=O) groups excluding carboxylic acids is 1. The monoisotopic (exact) mass is 365 g/mol. The summed E-state index contributed by atoms with van der Waals surface area (Å²) in [5.74, 6) is 1.75. The van der Waals surface area contributed by atoms with Crippen molar-refractivity contribution < 1.29 is 13.7 Å².